The number of anilines is 2. The summed E-state index contributed by atoms with van der Waals surface area (Å²) < 4.78 is 21.6. The Hall–Kier alpha value is -3.10. The zero-order valence-electron chi connectivity index (χ0n) is 17.5. The van der Waals surface area contributed by atoms with Crippen molar-refractivity contribution in [1.82, 2.24) is 0 Å². The van der Waals surface area contributed by atoms with E-state index in [2.05, 4.69) is 5.32 Å². The quantitative estimate of drug-likeness (QED) is 0.567. The lowest BCUT2D eigenvalue weighted by Gasteiger charge is -2.26. The molecule has 8 nitrogen and oxygen atoms in total. The summed E-state index contributed by atoms with van der Waals surface area (Å²) in [6.07, 6.45) is -1.77. The summed E-state index contributed by atoms with van der Waals surface area (Å²) in [5.74, 6) is 0.277. The van der Waals surface area contributed by atoms with Crippen LogP contribution in [0.15, 0.2) is 54.6 Å². The van der Waals surface area contributed by atoms with Crippen LogP contribution in [0.1, 0.15) is 20.8 Å². The summed E-state index contributed by atoms with van der Waals surface area (Å²) in [5, 5.41) is 2.58. The first-order valence-electron chi connectivity index (χ1n) is 9.88. The molecule has 0 saturated heterocycles. The van der Waals surface area contributed by atoms with E-state index in [-0.39, 0.29) is 18.9 Å². The molecule has 0 saturated carbocycles. The Bertz CT molecular complexity index is 793. The van der Waals surface area contributed by atoms with Crippen LogP contribution in [0, 0.1) is 0 Å². The molecule has 0 atom stereocenters. The van der Waals surface area contributed by atoms with E-state index in [0.717, 1.165) is 0 Å². The maximum absolute atomic E-state index is 13.0. The van der Waals surface area contributed by atoms with Crippen LogP contribution in [-0.2, 0) is 14.2 Å². The van der Waals surface area contributed by atoms with Crippen LogP contribution < -0.4 is 15.0 Å². The molecule has 2 aromatic carbocycles. The predicted molar refractivity (Wildman–Crippen MR) is 114 cm³/mol. The molecule has 0 radical (unpaired) electrons. The Labute approximate surface area is 176 Å². The molecule has 0 unspecified atom stereocenters. The molecule has 0 spiro atoms. The number of hydrogen-bond donors (Lipinski definition) is 1. The van der Waals surface area contributed by atoms with Crippen molar-refractivity contribution in [3.63, 3.8) is 0 Å². The first-order valence-corrected chi connectivity index (χ1v) is 9.88. The zero-order valence-corrected chi connectivity index (χ0v) is 17.5. The fourth-order valence-electron chi connectivity index (χ4n) is 2.65. The third-order valence-corrected chi connectivity index (χ3v) is 3.89. The molecule has 2 rings (SSSR count). The summed E-state index contributed by atoms with van der Waals surface area (Å²) >= 11 is 0. The maximum atomic E-state index is 13.0. The predicted octanol–water partition coefficient (Wildman–Crippen LogP) is 4.66. The molecule has 2 aromatic rings. The Morgan fingerprint density at radius 1 is 0.933 bits per heavy atom. The van der Waals surface area contributed by atoms with Crippen LogP contribution in [0.4, 0.5) is 21.0 Å². The number of carbonyl (C=O) groups is 2. The molecular weight excluding hydrogens is 388 g/mol. The van der Waals surface area contributed by atoms with Gasteiger partial charge in [0.1, 0.15) is 5.75 Å². The monoisotopic (exact) mass is 416 g/mol. The molecular formula is C22H28N2O6. The Balaban J connectivity index is 2.17. The van der Waals surface area contributed by atoms with Gasteiger partial charge in [-0.1, -0.05) is 24.3 Å². The van der Waals surface area contributed by atoms with Crippen LogP contribution in [-0.4, -0.2) is 44.8 Å². The first kappa shape index (κ1) is 23.2. The fraction of sp³-hybridized carbons (Fsp3) is 0.364. The third-order valence-electron chi connectivity index (χ3n) is 3.89. The van der Waals surface area contributed by atoms with Gasteiger partial charge in [0.05, 0.1) is 13.2 Å². The average molecular weight is 416 g/mol. The van der Waals surface area contributed by atoms with Crippen molar-refractivity contribution in [1.29, 1.82) is 0 Å². The molecule has 0 aliphatic carbocycles. The summed E-state index contributed by atoms with van der Waals surface area (Å²) in [6.45, 7) is 6.75. The summed E-state index contributed by atoms with van der Waals surface area (Å²) in [4.78, 5) is 26.0. The van der Waals surface area contributed by atoms with E-state index in [9.17, 15) is 9.59 Å². The van der Waals surface area contributed by atoms with Gasteiger partial charge in [0.25, 0.3) is 0 Å². The van der Waals surface area contributed by atoms with Gasteiger partial charge in [0, 0.05) is 30.7 Å². The second kappa shape index (κ2) is 12.5. The molecule has 2 amide bonds. The van der Waals surface area contributed by atoms with Crippen molar-refractivity contribution in [3.8, 4) is 5.75 Å². The maximum Gasteiger partial charge on any atom is 0.419 e. The van der Waals surface area contributed by atoms with Crippen LogP contribution in [0.25, 0.3) is 0 Å². The fourth-order valence-corrected chi connectivity index (χ4v) is 2.65. The van der Waals surface area contributed by atoms with Crippen LogP contribution in [0.5, 0.6) is 5.75 Å². The Kier molecular flexibility index (Phi) is 9.63. The topological polar surface area (TPSA) is 86.3 Å². The molecule has 8 heteroatoms. The smallest absolute Gasteiger partial charge is 0.419 e. The molecule has 1 N–H and O–H groups in total. The van der Waals surface area contributed by atoms with Crippen molar-refractivity contribution < 1.29 is 28.5 Å². The Morgan fingerprint density at radius 3 is 2.27 bits per heavy atom. The summed E-state index contributed by atoms with van der Waals surface area (Å²) in [5.41, 5.74) is 1.10. The number of ether oxygens (including phenoxy) is 4. The molecule has 0 aliphatic heterocycles. The molecule has 0 fully saturated rings. The van der Waals surface area contributed by atoms with Crippen LogP contribution in [0.3, 0.4) is 0 Å². The molecule has 30 heavy (non-hydrogen) atoms. The molecule has 162 valence electrons. The lowest BCUT2D eigenvalue weighted by Crippen LogP contribution is -2.41. The minimum Gasteiger partial charge on any atom is -0.450 e. The van der Waals surface area contributed by atoms with Gasteiger partial charge in [-0.15, -0.1) is 0 Å². The second-order valence-corrected chi connectivity index (χ2v) is 6.03. The zero-order chi connectivity index (χ0) is 21.8. The van der Waals surface area contributed by atoms with E-state index >= 15 is 0 Å². The number of nitrogens with zero attached hydrogens (tertiary/aromatic N) is 1. The van der Waals surface area contributed by atoms with E-state index in [1.54, 1.807) is 43.3 Å². The van der Waals surface area contributed by atoms with Gasteiger partial charge in [-0.25, -0.2) is 9.59 Å². The highest BCUT2D eigenvalue weighted by atomic mass is 16.7. The number of hydrogen-bond acceptors (Lipinski definition) is 6. The molecule has 0 aromatic heterocycles. The normalized spacial score (nSPS) is 10.5. The third kappa shape index (κ3) is 7.38. The van der Waals surface area contributed by atoms with Crippen molar-refractivity contribution in [2.24, 2.45) is 0 Å². The number of para-hydroxylation sites is 1. The number of benzene rings is 2. The minimum atomic E-state index is -0.598. The van der Waals surface area contributed by atoms with E-state index in [1.807, 2.05) is 32.0 Å². The van der Waals surface area contributed by atoms with Crippen molar-refractivity contribution in [2.75, 3.05) is 36.6 Å². The summed E-state index contributed by atoms with van der Waals surface area (Å²) in [6, 6.07) is 15.6. The highest BCUT2D eigenvalue weighted by Gasteiger charge is 2.23. The van der Waals surface area contributed by atoms with Gasteiger partial charge in [0.2, 0.25) is 0 Å². The van der Waals surface area contributed by atoms with Gasteiger partial charge >= 0.3 is 12.2 Å². The highest BCUT2D eigenvalue weighted by molar-refractivity contribution is 5.89. The van der Waals surface area contributed by atoms with Crippen LogP contribution in [0.2, 0.25) is 0 Å². The lowest BCUT2D eigenvalue weighted by molar-refractivity contribution is -0.128. The van der Waals surface area contributed by atoms with Gasteiger partial charge in [-0.3, -0.25) is 10.2 Å². The van der Waals surface area contributed by atoms with Crippen molar-refractivity contribution in [3.05, 3.63) is 54.6 Å². The molecule has 0 bridgehead atoms. The van der Waals surface area contributed by atoms with Gasteiger partial charge in [-0.2, -0.15) is 0 Å². The van der Waals surface area contributed by atoms with Crippen molar-refractivity contribution >= 4 is 23.6 Å². The second-order valence-electron chi connectivity index (χ2n) is 6.03. The number of rotatable bonds is 10. The Morgan fingerprint density at radius 2 is 1.63 bits per heavy atom. The average Bonchev–Trinajstić information content (AvgIpc) is 2.73. The van der Waals surface area contributed by atoms with E-state index in [0.29, 0.717) is 24.6 Å². The summed E-state index contributed by atoms with van der Waals surface area (Å²) in [7, 11) is 0. The largest absolute Gasteiger partial charge is 0.450 e. The van der Waals surface area contributed by atoms with E-state index < -0.39 is 18.5 Å². The van der Waals surface area contributed by atoms with Crippen molar-refractivity contribution in [2.45, 2.75) is 27.1 Å². The molecule has 0 heterocycles. The SMILES string of the molecule is CCOC(=O)Nc1cccc(OC(=O)N(CC(OCC)OCC)c2ccccc2)c1. The minimum absolute atomic E-state index is 0.158. The van der Waals surface area contributed by atoms with Gasteiger partial charge in [0.15, 0.2) is 6.29 Å². The van der Waals surface area contributed by atoms with E-state index in [4.69, 9.17) is 18.9 Å². The van der Waals surface area contributed by atoms with E-state index in [1.165, 1.54) is 4.90 Å². The van der Waals surface area contributed by atoms with Crippen LogP contribution >= 0.6 is 0 Å². The molecule has 0 aliphatic rings. The number of amides is 2. The lowest BCUT2D eigenvalue weighted by atomic mass is 10.3. The standard InChI is InChI=1S/C22H28N2O6/c1-4-27-20(28-5-2)16-24(18-12-8-7-9-13-18)22(26)30-19-14-10-11-17(15-19)23-21(25)29-6-3/h7-15,20H,4-6,16H2,1-3H3,(H,23,25). The first-order chi connectivity index (χ1) is 14.6. The number of carbonyl (C=O) groups excluding carboxylic acids is 2. The van der Waals surface area contributed by atoms with Gasteiger partial charge in [-0.05, 0) is 45.0 Å². The van der Waals surface area contributed by atoms with Gasteiger partial charge < -0.3 is 18.9 Å². The highest BCUT2D eigenvalue weighted by Crippen LogP contribution is 2.21. The number of nitrogens with one attached hydrogen (secondary N) is 1.